The summed E-state index contributed by atoms with van der Waals surface area (Å²) >= 11 is 0. The Bertz CT molecular complexity index is 888. The Morgan fingerprint density at radius 2 is 2.08 bits per heavy atom. The first-order chi connectivity index (χ1) is 12.1. The number of amides is 1. The van der Waals surface area contributed by atoms with Crippen molar-refractivity contribution in [2.75, 3.05) is 6.54 Å². The number of cyclic esters (lactones) is 1. The molecule has 2 atom stereocenters. The number of hydrogen-bond acceptors (Lipinski definition) is 5. The number of nitrogens with one attached hydrogen (secondary N) is 1. The summed E-state index contributed by atoms with van der Waals surface area (Å²) in [7, 11) is 0. The van der Waals surface area contributed by atoms with E-state index in [1.54, 1.807) is 19.9 Å². The molecular weight excluding hydrogens is 338 g/mol. The van der Waals surface area contributed by atoms with Crippen molar-refractivity contribution in [1.29, 1.82) is 0 Å². The summed E-state index contributed by atoms with van der Waals surface area (Å²) in [5.41, 5.74) is 0.188. The summed E-state index contributed by atoms with van der Waals surface area (Å²) in [5.74, 6) is 0. The number of fused-ring (bicyclic) bond motifs is 1. The van der Waals surface area contributed by atoms with Crippen LogP contribution in [0.3, 0.4) is 0 Å². The van der Waals surface area contributed by atoms with Crippen LogP contribution in [0.4, 0.5) is 10.5 Å². The monoisotopic (exact) mass is 361 g/mol. The van der Waals surface area contributed by atoms with Crippen molar-refractivity contribution < 1.29 is 19.6 Å². The van der Waals surface area contributed by atoms with Gasteiger partial charge in [0.15, 0.2) is 11.3 Å². The Balaban J connectivity index is 1.90. The summed E-state index contributed by atoms with van der Waals surface area (Å²) in [6.07, 6.45) is 0.376. The molecule has 1 aliphatic heterocycles. The summed E-state index contributed by atoms with van der Waals surface area (Å²) in [4.78, 5) is 27.4. The third-order valence-corrected chi connectivity index (χ3v) is 5.63. The molecule has 8 heteroatoms. The van der Waals surface area contributed by atoms with Crippen LogP contribution in [0.15, 0.2) is 18.2 Å². The molecule has 1 saturated heterocycles. The van der Waals surface area contributed by atoms with E-state index in [-0.39, 0.29) is 12.2 Å². The van der Waals surface area contributed by atoms with E-state index in [1.165, 1.54) is 17.0 Å². The van der Waals surface area contributed by atoms with E-state index in [4.69, 9.17) is 4.74 Å². The van der Waals surface area contributed by atoms with E-state index in [0.29, 0.717) is 12.8 Å². The molecule has 140 valence electrons. The highest BCUT2D eigenvalue weighted by atomic mass is 16.6. The number of ether oxygens (including phenoxy) is 1. The second-order valence-corrected chi connectivity index (χ2v) is 7.09. The molecule has 26 heavy (non-hydrogen) atoms. The van der Waals surface area contributed by atoms with Gasteiger partial charge in [-0.15, -0.1) is 0 Å². The van der Waals surface area contributed by atoms with Crippen molar-refractivity contribution in [3.63, 3.8) is 0 Å². The van der Waals surface area contributed by atoms with Crippen molar-refractivity contribution in [3.8, 4) is 0 Å². The molecule has 1 fully saturated rings. The zero-order valence-electron chi connectivity index (χ0n) is 15.3. The van der Waals surface area contributed by atoms with Gasteiger partial charge in [0.1, 0.15) is 0 Å². The predicted octanol–water partition coefficient (Wildman–Crippen LogP) is 3.26. The first kappa shape index (κ1) is 18.2. The van der Waals surface area contributed by atoms with Gasteiger partial charge in [-0.1, -0.05) is 6.92 Å². The lowest BCUT2D eigenvalue weighted by Gasteiger charge is -2.36. The normalized spacial score (nSPS) is 25.7. The molecule has 2 aromatic rings. The van der Waals surface area contributed by atoms with Crippen LogP contribution < -0.4 is 0 Å². The number of hydrogen-bond donors (Lipinski definition) is 2. The maximum absolute atomic E-state index is 12.3. The highest BCUT2D eigenvalue weighted by molar-refractivity contribution is 5.86. The van der Waals surface area contributed by atoms with Crippen LogP contribution in [0.25, 0.3) is 10.9 Å². The van der Waals surface area contributed by atoms with Crippen LogP contribution in [-0.2, 0) is 11.2 Å². The Morgan fingerprint density at radius 3 is 2.65 bits per heavy atom. The fourth-order valence-corrected chi connectivity index (χ4v) is 3.55. The van der Waals surface area contributed by atoms with Gasteiger partial charge in [-0.25, -0.2) is 4.79 Å². The van der Waals surface area contributed by atoms with Gasteiger partial charge in [-0.05, 0) is 45.2 Å². The molecule has 0 aliphatic carbocycles. The molecule has 3 rings (SSSR count). The number of nitro groups is 1. The van der Waals surface area contributed by atoms with Crippen LogP contribution in [-0.4, -0.2) is 43.9 Å². The van der Waals surface area contributed by atoms with E-state index in [1.807, 2.05) is 13.8 Å². The van der Waals surface area contributed by atoms with Crippen LogP contribution in [0.5, 0.6) is 0 Å². The average molecular weight is 361 g/mol. The number of aryl methyl sites for hydroxylation is 1. The fourth-order valence-electron chi connectivity index (χ4n) is 3.55. The number of aliphatic hydroxyl groups is 1. The standard InChI is InChI=1S/C18H23N3O5/c1-5-17(3)18(4,23)20(16(22)26-17)9-8-13-11(2)19-15-7-6-12(21(24)25)10-14(13)15/h6-7,10,19,23H,5,8-9H2,1-4H3. The third-order valence-electron chi connectivity index (χ3n) is 5.63. The Kier molecular flexibility index (Phi) is 4.18. The minimum atomic E-state index is -1.43. The van der Waals surface area contributed by atoms with Crippen LogP contribution in [0.2, 0.25) is 0 Å². The van der Waals surface area contributed by atoms with Crippen LogP contribution in [0.1, 0.15) is 38.4 Å². The summed E-state index contributed by atoms with van der Waals surface area (Å²) in [5, 5.41) is 22.7. The number of carbonyl (C=O) groups is 1. The molecule has 1 amide bonds. The molecule has 0 radical (unpaired) electrons. The second-order valence-electron chi connectivity index (χ2n) is 7.09. The van der Waals surface area contributed by atoms with Gasteiger partial charge < -0.3 is 14.8 Å². The number of aromatic nitrogens is 1. The Labute approximate surface area is 150 Å². The van der Waals surface area contributed by atoms with Crippen molar-refractivity contribution in [2.45, 2.75) is 51.9 Å². The molecule has 0 spiro atoms. The molecule has 2 heterocycles. The molecule has 2 unspecified atom stereocenters. The fraction of sp³-hybridized carbons (Fsp3) is 0.500. The number of nitrogens with zero attached hydrogens (tertiary/aromatic N) is 2. The SMILES string of the molecule is CCC1(C)OC(=O)N(CCc2c(C)[nH]c3ccc([N+](=O)[O-])cc23)C1(C)O. The predicted molar refractivity (Wildman–Crippen MR) is 95.9 cm³/mol. The van der Waals surface area contributed by atoms with E-state index in [0.717, 1.165) is 22.2 Å². The molecule has 2 N–H and O–H groups in total. The zero-order valence-corrected chi connectivity index (χ0v) is 15.3. The van der Waals surface area contributed by atoms with Crippen LogP contribution in [0, 0.1) is 17.0 Å². The average Bonchev–Trinajstić information content (AvgIpc) is 2.97. The van der Waals surface area contributed by atoms with Crippen molar-refractivity contribution in [3.05, 3.63) is 39.6 Å². The Morgan fingerprint density at radius 1 is 1.38 bits per heavy atom. The summed E-state index contributed by atoms with van der Waals surface area (Å²) < 4.78 is 5.40. The number of rotatable bonds is 5. The molecule has 8 nitrogen and oxygen atoms in total. The summed E-state index contributed by atoms with van der Waals surface area (Å²) in [6.45, 7) is 7.28. The number of nitro benzene ring substituents is 1. The molecule has 1 aromatic carbocycles. The number of carbonyl (C=O) groups excluding carboxylic acids is 1. The van der Waals surface area contributed by atoms with Crippen molar-refractivity contribution in [2.24, 2.45) is 0 Å². The largest absolute Gasteiger partial charge is 0.438 e. The molecule has 0 bridgehead atoms. The second kappa shape index (κ2) is 5.98. The Hall–Kier alpha value is -2.61. The lowest BCUT2D eigenvalue weighted by atomic mass is 9.90. The van der Waals surface area contributed by atoms with Gasteiger partial charge in [0.2, 0.25) is 0 Å². The van der Waals surface area contributed by atoms with Gasteiger partial charge in [0.05, 0.1) is 4.92 Å². The molecule has 1 aromatic heterocycles. The number of H-pyrrole nitrogens is 1. The smallest absolute Gasteiger partial charge is 0.412 e. The molecular formula is C18H23N3O5. The quantitative estimate of drug-likeness (QED) is 0.627. The molecule has 1 aliphatic rings. The van der Waals surface area contributed by atoms with E-state index < -0.39 is 22.3 Å². The minimum absolute atomic E-state index is 0.0175. The number of non-ortho nitro benzene ring substituents is 1. The van der Waals surface area contributed by atoms with E-state index in [2.05, 4.69) is 4.98 Å². The van der Waals surface area contributed by atoms with Gasteiger partial charge in [-0.2, -0.15) is 0 Å². The highest BCUT2D eigenvalue weighted by Gasteiger charge is 2.58. The van der Waals surface area contributed by atoms with Gasteiger partial charge in [0.25, 0.3) is 5.69 Å². The summed E-state index contributed by atoms with van der Waals surface area (Å²) in [6, 6.07) is 4.67. The minimum Gasteiger partial charge on any atom is -0.438 e. The van der Waals surface area contributed by atoms with Crippen LogP contribution >= 0.6 is 0 Å². The lowest BCUT2D eigenvalue weighted by Crippen LogP contribution is -2.55. The number of benzene rings is 1. The third kappa shape index (κ3) is 2.61. The van der Waals surface area contributed by atoms with Crippen molar-refractivity contribution >= 4 is 22.7 Å². The first-order valence-electron chi connectivity index (χ1n) is 8.59. The lowest BCUT2D eigenvalue weighted by molar-refractivity contribution is -0.384. The maximum atomic E-state index is 12.3. The molecule has 0 saturated carbocycles. The van der Waals surface area contributed by atoms with E-state index in [9.17, 15) is 20.0 Å². The maximum Gasteiger partial charge on any atom is 0.412 e. The van der Waals surface area contributed by atoms with E-state index >= 15 is 0 Å². The number of aromatic amines is 1. The van der Waals surface area contributed by atoms with Gasteiger partial charge >= 0.3 is 6.09 Å². The first-order valence-corrected chi connectivity index (χ1v) is 8.59. The highest BCUT2D eigenvalue weighted by Crippen LogP contribution is 2.40. The van der Waals surface area contributed by atoms with Crippen molar-refractivity contribution in [1.82, 2.24) is 9.88 Å². The topological polar surface area (TPSA) is 109 Å². The van der Waals surface area contributed by atoms with Gasteiger partial charge in [-0.3, -0.25) is 15.0 Å². The zero-order chi connectivity index (χ0) is 19.3. The van der Waals surface area contributed by atoms with Gasteiger partial charge in [0, 0.05) is 35.3 Å².